The standard InChI is InChI=1S/C12H13NO5/c1-16-11(14)6-13-12(15)10-7-17-8-4-2-3-5-9(8)18-10/h2-5,10H,6-7H2,1H3,(H,13,15)/t10-/m1/s1. The number of ether oxygens (including phenoxy) is 3. The van der Waals surface area contributed by atoms with Gasteiger partial charge in [-0.2, -0.15) is 0 Å². The maximum atomic E-state index is 11.7. The van der Waals surface area contributed by atoms with Crippen LogP contribution in [-0.4, -0.2) is 38.2 Å². The van der Waals surface area contributed by atoms with E-state index in [0.29, 0.717) is 11.5 Å². The third-order valence-corrected chi connectivity index (χ3v) is 2.44. The molecule has 1 aliphatic heterocycles. The molecule has 1 amide bonds. The molecule has 0 radical (unpaired) electrons. The number of hydrogen-bond donors (Lipinski definition) is 1. The van der Waals surface area contributed by atoms with Crippen LogP contribution in [-0.2, 0) is 14.3 Å². The number of rotatable bonds is 3. The predicted molar refractivity (Wildman–Crippen MR) is 61.4 cm³/mol. The fourth-order valence-electron chi connectivity index (χ4n) is 1.49. The Morgan fingerprint density at radius 2 is 2.11 bits per heavy atom. The molecular formula is C12H13NO5. The summed E-state index contributed by atoms with van der Waals surface area (Å²) in [6.45, 7) is -0.0686. The number of carbonyl (C=O) groups excluding carboxylic acids is 2. The van der Waals surface area contributed by atoms with Gasteiger partial charge in [0, 0.05) is 0 Å². The summed E-state index contributed by atoms with van der Waals surface area (Å²) < 4.78 is 15.3. The van der Waals surface area contributed by atoms with Gasteiger partial charge >= 0.3 is 5.97 Å². The Balaban J connectivity index is 1.92. The van der Waals surface area contributed by atoms with Crippen LogP contribution in [0.15, 0.2) is 24.3 Å². The van der Waals surface area contributed by atoms with Crippen molar-refractivity contribution < 1.29 is 23.8 Å². The maximum Gasteiger partial charge on any atom is 0.325 e. The minimum atomic E-state index is -0.760. The number of esters is 1. The van der Waals surface area contributed by atoms with E-state index in [9.17, 15) is 9.59 Å². The lowest BCUT2D eigenvalue weighted by molar-refractivity contribution is -0.142. The van der Waals surface area contributed by atoms with Gasteiger partial charge in [-0.15, -0.1) is 0 Å². The van der Waals surface area contributed by atoms with Crippen molar-refractivity contribution >= 4 is 11.9 Å². The molecule has 1 aromatic rings. The van der Waals surface area contributed by atoms with E-state index in [4.69, 9.17) is 9.47 Å². The highest BCUT2D eigenvalue weighted by Gasteiger charge is 2.27. The van der Waals surface area contributed by atoms with Crippen molar-refractivity contribution in [2.45, 2.75) is 6.10 Å². The van der Waals surface area contributed by atoms with E-state index >= 15 is 0 Å². The summed E-state index contributed by atoms with van der Waals surface area (Å²) in [7, 11) is 1.25. The van der Waals surface area contributed by atoms with Crippen LogP contribution in [0.4, 0.5) is 0 Å². The molecule has 6 nitrogen and oxygen atoms in total. The molecule has 0 spiro atoms. The van der Waals surface area contributed by atoms with Crippen LogP contribution in [0, 0.1) is 0 Å². The van der Waals surface area contributed by atoms with E-state index in [-0.39, 0.29) is 13.2 Å². The summed E-state index contributed by atoms with van der Waals surface area (Å²) in [5, 5.41) is 2.42. The summed E-state index contributed by atoms with van der Waals surface area (Å²) in [6.07, 6.45) is -0.760. The van der Waals surface area contributed by atoms with Crippen molar-refractivity contribution in [1.82, 2.24) is 5.32 Å². The maximum absolute atomic E-state index is 11.7. The molecule has 18 heavy (non-hydrogen) atoms. The Morgan fingerprint density at radius 3 is 2.83 bits per heavy atom. The minimum absolute atomic E-state index is 0.115. The van der Waals surface area contributed by atoms with Gasteiger partial charge in [-0.05, 0) is 12.1 Å². The Kier molecular flexibility index (Phi) is 3.66. The molecule has 1 N–H and O–H groups in total. The van der Waals surface area contributed by atoms with Gasteiger partial charge in [-0.25, -0.2) is 0 Å². The zero-order chi connectivity index (χ0) is 13.0. The Morgan fingerprint density at radius 1 is 1.39 bits per heavy atom. The second kappa shape index (κ2) is 5.39. The van der Waals surface area contributed by atoms with Crippen molar-refractivity contribution in [3.05, 3.63) is 24.3 Å². The van der Waals surface area contributed by atoms with Crippen LogP contribution < -0.4 is 14.8 Å². The second-order valence-corrected chi connectivity index (χ2v) is 3.66. The SMILES string of the molecule is COC(=O)CNC(=O)[C@H]1COc2ccccc2O1. The molecule has 0 fully saturated rings. The van der Waals surface area contributed by atoms with Crippen LogP contribution in [0.25, 0.3) is 0 Å². The second-order valence-electron chi connectivity index (χ2n) is 3.66. The predicted octanol–water partition coefficient (Wildman–Crippen LogP) is 0.116. The first-order valence-electron chi connectivity index (χ1n) is 5.43. The molecule has 0 saturated carbocycles. The first-order chi connectivity index (χ1) is 8.70. The lowest BCUT2D eigenvalue weighted by Gasteiger charge is -2.25. The molecule has 2 rings (SSSR count). The molecule has 1 atom stereocenters. The average molecular weight is 251 g/mol. The summed E-state index contributed by atoms with van der Waals surface area (Å²) in [6, 6.07) is 7.09. The molecule has 1 aliphatic rings. The highest BCUT2D eigenvalue weighted by molar-refractivity contribution is 5.85. The minimum Gasteiger partial charge on any atom is -0.485 e. The molecule has 0 aliphatic carbocycles. The van der Waals surface area contributed by atoms with E-state index in [1.807, 2.05) is 6.07 Å². The van der Waals surface area contributed by atoms with Crippen LogP contribution in [0.3, 0.4) is 0 Å². The van der Waals surface area contributed by atoms with Crippen molar-refractivity contribution in [2.75, 3.05) is 20.3 Å². The lowest BCUT2D eigenvalue weighted by atomic mass is 10.2. The molecule has 0 bridgehead atoms. The van der Waals surface area contributed by atoms with Crippen molar-refractivity contribution in [3.63, 3.8) is 0 Å². The van der Waals surface area contributed by atoms with Gasteiger partial charge in [-0.3, -0.25) is 9.59 Å². The monoisotopic (exact) mass is 251 g/mol. The number of benzene rings is 1. The van der Waals surface area contributed by atoms with Gasteiger partial charge in [-0.1, -0.05) is 12.1 Å². The van der Waals surface area contributed by atoms with Crippen LogP contribution >= 0.6 is 0 Å². The Labute approximate surface area is 104 Å². The summed E-state index contributed by atoms with van der Waals surface area (Å²) in [5.41, 5.74) is 0. The largest absolute Gasteiger partial charge is 0.485 e. The highest BCUT2D eigenvalue weighted by Crippen LogP contribution is 2.30. The third-order valence-electron chi connectivity index (χ3n) is 2.44. The number of fused-ring (bicyclic) bond motifs is 1. The fraction of sp³-hybridized carbons (Fsp3) is 0.333. The number of para-hydroxylation sites is 2. The van der Waals surface area contributed by atoms with E-state index in [2.05, 4.69) is 10.1 Å². The van der Waals surface area contributed by atoms with E-state index in [0.717, 1.165) is 0 Å². The first-order valence-corrected chi connectivity index (χ1v) is 5.43. The summed E-state index contributed by atoms with van der Waals surface area (Å²) in [4.78, 5) is 22.6. The molecular weight excluding hydrogens is 238 g/mol. The molecule has 0 aromatic heterocycles. The quantitative estimate of drug-likeness (QED) is 0.772. The van der Waals surface area contributed by atoms with Gasteiger partial charge in [0.25, 0.3) is 5.91 Å². The number of amides is 1. The smallest absolute Gasteiger partial charge is 0.325 e. The van der Waals surface area contributed by atoms with Crippen LogP contribution in [0.2, 0.25) is 0 Å². The van der Waals surface area contributed by atoms with Crippen molar-refractivity contribution in [3.8, 4) is 11.5 Å². The molecule has 6 heteroatoms. The topological polar surface area (TPSA) is 73.9 Å². The molecule has 1 heterocycles. The molecule has 96 valence electrons. The van der Waals surface area contributed by atoms with Gasteiger partial charge in [0.15, 0.2) is 11.5 Å². The summed E-state index contributed by atoms with van der Waals surface area (Å²) >= 11 is 0. The number of methoxy groups -OCH3 is 1. The highest BCUT2D eigenvalue weighted by atomic mass is 16.6. The van der Waals surface area contributed by atoms with Crippen molar-refractivity contribution in [2.24, 2.45) is 0 Å². The van der Waals surface area contributed by atoms with E-state index in [1.54, 1.807) is 18.2 Å². The van der Waals surface area contributed by atoms with Gasteiger partial charge in [0.1, 0.15) is 13.2 Å². The zero-order valence-corrected chi connectivity index (χ0v) is 9.84. The van der Waals surface area contributed by atoms with Gasteiger partial charge in [0.2, 0.25) is 6.10 Å². The number of nitrogens with one attached hydrogen (secondary N) is 1. The van der Waals surface area contributed by atoms with Crippen molar-refractivity contribution in [1.29, 1.82) is 0 Å². The third kappa shape index (κ3) is 2.71. The Bertz CT molecular complexity index is 460. The van der Waals surface area contributed by atoms with E-state index < -0.39 is 18.0 Å². The zero-order valence-electron chi connectivity index (χ0n) is 9.84. The first kappa shape index (κ1) is 12.2. The van der Waals surface area contributed by atoms with Gasteiger partial charge < -0.3 is 19.5 Å². The van der Waals surface area contributed by atoms with Crippen LogP contribution in [0.1, 0.15) is 0 Å². The average Bonchev–Trinajstić information content (AvgIpc) is 2.43. The Hall–Kier alpha value is -2.24. The fourth-order valence-corrected chi connectivity index (χ4v) is 1.49. The van der Waals surface area contributed by atoms with Crippen LogP contribution in [0.5, 0.6) is 11.5 Å². The lowest BCUT2D eigenvalue weighted by Crippen LogP contribution is -2.45. The normalized spacial score (nSPS) is 16.8. The van der Waals surface area contributed by atoms with Gasteiger partial charge in [0.05, 0.1) is 7.11 Å². The molecule has 0 unspecified atom stereocenters. The van der Waals surface area contributed by atoms with E-state index in [1.165, 1.54) is 7.11 Å². The molecule has 1 aromatic carbocycles. The number of hydrogen-bond acceptors (Lipinski definition) is 5. The number of carbonyl (C=O) groups is 2. The summed E-state index contributed by atoms with van der Waals surface area (Å²) in [5.74, 6) is 0.201. The molecule has 0 saturated heterocycles.